The normalized spacial score (nSPS) is 14.6. The van der Waals surface area contributed by atoms with Crippen LogP contribution >= 0.6 is 0 Å². The molecule has 2 unspecified atom stereocenters. The van der Waals surface area contributed by atoms with Crippen LogP contribution in [0.3, 0.4) is 0 Å². The molecule has 0 aromatic carbocycles. The number of nitrogens with zero attached hydrogens (tertiary/aromatic N) is 1. The average molecular weight is 907 g/mol. The van der Waals surface area contributed by atoms with E-state index in [9.17, 15) is 9.59 Å². The number of rotatable bonds is 43. The predicted molar refractivity (Wildman–Crippen MR) is 280 cm³/mol. The molecule has 0 aliphatic carbocycles. The largest absolute Gasteiger partial charge is 0.479 e. The summed E-state index contributed by atoms with van der Waals surface area (Å²) in [5.41, 5.74) is 0. The van der Waals surface area contributed by atoms with E-state index in [1.165, 1.54) is 141 Å². The van der Waals surface area contributed by atoms with Gasteiger partial charge in [0.2, 0.25) is 0 Å². The van der Waals surface area contributed by atoms with Gasteiger partial charge in [-0.1, -0.05) is 210 Å². The van der Waals surface area contributed by atoms with Crippen LogP contribution in [-0.4, -0.2) is 48.7 Å². The van der Waals surface area contributed by atoms with Crippen molar-refractivity contribution in [2.24, 2.45) is 11.8 Å². The second-order valence-corrected chi connectivity index (χ2v) is 19.7. The second-order valence-electron chi connectivity index (χ2n) is 19.7. The maximum Gasteiger partial charge on any atom is 0.306 e. The smallest absolute Gasteiger partial charge is 0.306 e. The molecule has 0 radical (unpaired) electrons. The molecule has 1 fully saturated rings. The fraction of sp³-hybridized carbons (Fsp3) is 0.931. The van der Waals surface area contributed by atoms with Gasteiger partial charge in [0, 0.05) is 25.9 Å². The summed E-state index contributed by atoms with van der Waals surface area (Å²) >= 11 is 0. The zero-order chi connectivity index (χ0) is 47.7. The molecule has 2 atom stereocenters. The van der Waals surface area contributed by atoms with E-state index in [0.717, 1.165) is 109 Å². The van der Waals surface area contributed by atoms with E-state index in [0.29, 0.717) is 31.3 Å². The number of likely N-dealkylation sites (tertiary alicyclic amines) is 1. The highest BCUT2D eigenvalue weighted by molar-refractivity contribution is 5.69. The number of carbonyl (C=O) groups is 2. The molecular formula is C58H115NO5. The Kier molecular flexibility index (Phi) is 51.0. The van der Waals surface area contributed by atoms with E-state index in [2.05, 4.69) is 73.8 Å². The Morgan fingerprint density at radius 1 is 0.438 bits per heavy atom. The molecule has 6 nitrogen and oxygen atoms in total. The first kappa shape index (κ1) is 64.4. The van der Waals surface area contributed by atoms with Crippen LogP contribution in [0, 0.1) is 11.8 Å². The Balaban J connectivity index is 0. The zero-order valence-electron chi connectivity index (χ0n) is 45.0. The summed E-state index contributed by atoms with van der Waals surface area (Å²) in [5, 5.41) is 0. The van der Waals surface area contributed by atoms with Crippen LogP contribution in [0.4, 0.5) is 0 Å². The lowest BCUT2D eigenvalue weighted by molar-refractivity contribution is -0.151. The molecule has 0 amide bonds. The van der Waals surface area contributed by atoms with E-state index in [-0.39, 0.29) is 24.1 Å². The molecule has 1 heterocycles. The number of hydrogen-bond donors (Lipinski definition) is 0. The summed E-state index contributed by atoms with van der Waals surface area (Å²) in [7, 11) is 0. The molecule has 0 saturated carbocycles. The van der Waals surface area contributed by atoms with Crippen LogP contribution in [0.2, 0.25) is 0 Å². The van der Waals surface area contributed by atoms with Crippen molar-refractivity contribution in [1.29, 1.82) is 0 Å². The topological polar surface area (TPSA) is 65.1 Å². The van der Waals surface area contributed by atoms with Crippen molar-refractivity contribution in [3.05, 3.63) is 12.5 Å². The minimum Gasteiger partial charge on any atom is -0.479 e. The minimum atomic E-state index is -0.0140. The Hall–Kier alpha value is -1.72. The number of unbranched alkanes of at least 4 members (excludes halogenated alkanes) is 21. The van der Waals surface area contributed by atoms with Crippen LogP contribution in [0.25, 0.3) is 0 Å². The molecule has 0 spiro atoms. The summed E-state index contributed by atoms with van der Waals surface area (Å²) in [6.07, 6.45) is 43.9. The van der Waals surface area contributed by atoms with Crippen molar-refractivity contribution >= 4 is 11.9 Å². The van der Waals surface area contributed by atoms with Gasteiger partial charge in [0.1, 0.15) is 12.2 Å². The van der Waals surface area contributed by atoms with Crippen molar-refractivity contribution in [3.8, 4) is 0 Å². The molecule has 1 aliphatic heterocycles. The Labute approximate surface area is 401 Å². The second kappa shape index (κ2) is 50.7. The van der Waals surface area contributed by atoms with Gasteiger partial charge in [-0.05, 0) is 102 Å². The van der Waals surface area contributed by atoms with Crippen LogP contribution < -0.4 is 0 Å². The van der Waals surface area contributed by atoms with Crippen molar-refractivity contribution in [1.82, 2.24) is 4.90 Å². The third-order valence-corrected chi connectivity index (χ3v) is 12.7. The summed E-state index contributed by atoms with van der Waals surface area (Å²) < 4.78 is 18.4. The fourth-order valence-electron chi connectivity index (χ4n) is 8.86. The number of ether oxygens (including phenoxy) is 3. The van der Waals surface area contributed by atoms with Gasteiger partial charge >= 0.3 is 11.9 Å². The Morgan fingerprint density at radius 2 is 0.719 bits per heavy atom. The average Bonchev–Trinajstić information content (AvgIpc) is 3.68. The highest BCUT2D eigenvalue weighted by Gasteiger charge is 2.33. The first-order chi connectivity index (χ1) is 31.2. The molecule has 0 N–H and O–H groups in total. The quantitative estimate of drug-likeness (QED) is 0.0345. The SMILES string of the molecule is C=C(OCCCC)N1CC(CCCC(=O)OC(CCCCCCCC)CCCCCCCC)C(CCCC(=O)OC(CCCCCCCC)CCCCCCCC)C1.CCC.CCC. The third-order valence-electron chi connectivity index (χ3n) is 12.7. The number of carbonyl (C=O) groups excluding carboxylic acids is 2. The molecule has 6 heteroatoms. The summed E-state index contributed by atoms with van der Waals surface area (Å²) in [6, 6.07) is 0. The summed E-state index contributed by atoms with van der Waals surface area (Å²) in [5.74, 6) is 1.65. The standard InChI is InChI=1S/C52H99NO5.2C3H8/c1-7-12-17-21-25-29-37-49(38-30-26-22-18-13-8-2)57-51(54)41-33-35-47-44-53(46(6)56-43-16-11-5)45-48(47)36-34-42-52(55)58-50(39-31-27-23-19-14-9-3)40-32-28-24-20-15-10-4;2*1-3-2/h47-50H,6-45H2,1-5H3;2*3H2,1-2H3. The molecule has 382 valence electrons. The lowest BCUT2D eigenvalue weighted by Crippen LogP contribution is -2.22. The highest BCUT2D eigenvalue weighted by Crippen LogP contribution is 2.34. The number of hydrogen-bond acceptors (Lipinski definition) is 6. The lowest BCUT2D eigenvalue weighted by atomic mass is 9.87. The lowest BCUT2D eigenvalue weighted by Gasteiger charge is -2.21. The van der Waals surface area contributed by atoms with Crippen molar-refractivity contribution in [2.45, 2.75) is 319 Å². The maximum atomic E-state index is 13.2. The van der Waals surface area contributed by atoms with Crippen LogP contribution in [0.5, 0.6) is 0 Å². The molecule has 0 aromatic heterocycles. The van der Waals surface area contributed by atoms with Crippen molar-refractivity contribution in [3.63, 3.8) is 0 Å². The van der Waals surface area contributed by atoms with Gasteiger partial charge in [-0.3, -0.25) is 9.59 Å². The Morgan fingerprint density at radius 3 is 1.02 bits per heavy atom. The molecular weight excluding hydrogens is 791 g/mol. The Bertz CT molecular complexity index is 888. The molecule has 0 bridgehead atoms. The first-order valence-electron chi connectivity index (χ1n) is 28.7. The van der Waals surface area contributed by atoms with Gasteiger partial charge in [0.15, 0.2) is 5.88 Å². The summed E-state index contributed by atoms with van der Waals surface area (Å²) in [6.45, 7) is 26.6. The van der Waals surface area contributed by atoms with Crippen molar-refractivity contribution in [2.75, 3.05) is 19.7 Å². The highest BCUT2D eigenvalue weighted by atomic mass is 16.5. The van der Waals surface area contributed by atoms with Crippen LogP contribution in [0.15, 0.2) is 12.5 Å². The first-order valence-corrected chi connectivity index (χ1v) is 28.7. The molecule has 64 heavy (non-hydrogen) atoms. The molecule has 0 aromatic rings. The van der Waals surface area contributed by atoms with Gasteiger partial charge in [0.25, 0.3) is 0 Å². The van der Waals surface area contributed by atoms with Gasteiger partial charge < -0.3 is 19.1 Å². The van der Waals surface area contributed by atoms with Crippen LogP contribution in [0.1, 0.15) is 306 Å². The third kappa shape index (κ3) is 41.7. The number of esters is 2. The zero-order valence-corrected chi connectivity index (χ0v) is 45.0. The van der Waals surface area contributed by atoms with Gasteiger partial charge in [-0.15, -0.1) is 0 Å². The predicted octanol–water partition coefficient (Wildman–Crippen LogP) is 18.8. The molecule has 1 rings (SSSR count). The minimum absolute atomic E-state index is 0.0140. The monoisotopic (exact) mass is 906 g/mol. The molecule has 1 aliphatic rings. The van der Waals surface area contributed by atoms with E-state index in [4.69, 9.17) is 14.2 Å². The summed E-state index contributed by atoms with van der Waals surface area (Å²) in [4.78, 5) is 28.8. The van der Waals surface area contributed by atoms with Gasteiger partial charge in [-0.2, -0.15) is 0 Å². The molecule has 1 saturated heterocycles. The van der Waals surface area contributed by atoms with E-state index in [1.807, 2.05) is 0 Å². The van der Waals surface area contributed by atoms with Gasteiger partial charge in [0.05, 0.1) is 6.61 Å². The van der Waals surface area contributed by atoms with E-state index >= 15 is 0 Å². The van der Waals surface area contributed by atoms with Gasteiger partial charge in [-0.25, -0.2) is 0 Å². The van der Waals surface area contributed by atoms with E-state index in [1.54, 1.807) is 0 Å². The fourth-order valence-corrected chi connectivity index (χ4v) is 8.86. The maximum absolute atomic E-state index is 13.2. The van der Waals surface area contributed by atoms with Crippen LogP contribution in [-0.2, 0) is 23.8 Å². The van der Waals surface area contributed by atoms with Crippen molar-refractivity contribution < 1.29 is 23.8 Å². The van der Waals surface area contributed by atoms with E-state index < -0.39 is 0 Å².